The average molecular weight is 216 g/mol. The van der Waals surface area contributed by atoms with E-state index in [-0.39, 0.29) is 11.3 Å². The van der Waals surface area contributed by atoms with Crippen molar-refractivity contribution in [2.75, 3.05) is 0 Å². The van der Waals surface area contributed by atoms with Crippen LogP contribution in [0.5, 0.6) is 0 Å². The second-order valence-corrected chi connectivity index (χ2v) is 3.17. The summed E-state index contributed by atoms with van der Waals surface area (Å²) in [5, 5.41) is 9.01. The minimum absolute atomic E-state index is 0.133. The lowest BCUT2D eigenvalue weighted by atomic mass is 10.0. The smallest absolute Gasteiger partial charge is 0.336 e. The van der Waals surface area contributed by atoms with Gasteiger partial charge in [0.05, 0.1) is 11.8 Å². The largest absolute Gasteiger partial charge is 0.478 e. The number of hydrogen-bond acceptors (Lipinski definition) is 3. The van der Waals surface area contributed by atoms with Crippen LogP contribution in [0, 0.1) is 0 Å². The second-order valence-electron chi connectivity index (χ2n) is 3.17. The van der Waals surface area contributed by atoms with Gasteiger partial charge < -0.3 is 9.52 Å². The third kappa shape index (κ3) is 1.61. The maximum absolute atomic E-state index is 11.0. The Kier molecular flexibility index (Phi) is 2.55. The molecule has 0 aliphatic rings. The van der Waals surface area contributed by atoms with Gasteiger partial charge in [0.2, 0.25) is 0 Å². The molecule has 0 saturated carbocycles. The SMILES string of the molecule is O=Cc1occc1-c1ccccc1C(=O)O. The van der Waals surface area contributed by atoms with Crippen LogP contribution in [0.4, 0.5) is 0 Å². The van der Waals surface area contributed by atoms with Gasteiger partial charge in [0, 0.05) is 11.1 Å². The summed E-state index contributed by atoms with van der Waals surface area (Å²) in [6.45, 7) is 0. The first kappa shape index (κ1) is 10.2. The van der Waals surface area contributed by atoms with E-state index in [2.05, 4.69) is 0 Å². The number of furan rings is 1. The van der Waals surface area contributed by atoms with E-state index in [1.807, 2.05) is 0 Å². The molecule has 1 heterocycles. The highest BCUT2D eigenvalue weighted by Gasteiger charge is 2.15. The predicted octanol–water partition coefficient (Wildman–Crippen LogP) is 2.46. The van der Waals surface area contributed by atoms with Crippen molar-refractivity contribution in [2.24, 2.45) is 0 Å². The summed E-state index contributed by atoms with van der Waals surface area (Å²) in [7, 11) is 0. The number of carbonyl (C=O) groups is 2. The Hall–Kier alpha value is -2.36. The number of carboxylic acid groups (broad SMARTS) is 1. The van der Waals surface area contributed by atoms with Gasteiger partial charge in [-0.25, -0.2) is 4.79 Å². The standard InChI is InChI=1S/C12H8O4/c13-7-11-9(5-6-16-11)8-3-1-2-4-10(8)12(14)15/h1-7H,(H,14,15). The Morgan fingerprint density at radius 3 is 2.62 bits per heavy atom. The van der Waals surface area contributed by atoms with Crippen molar-refractivity contribution in [1.29, 1.82) is 0 Å². The molecule has 0 amide bonds. The van der Waals surface area contributed by atoms with E-state index >= 15 is 0 Å². The van der Waals surface area contributed by atoms with Crippen LogP contribution in [0.25, 0.3) is 11.1 Å². The molecular formula is C12H8O4. The number of hydrogen-bond donors (Lipinski definition) is 1. The van der Waals surface area contributed by atoms with E-state index < -0.39 is 5.97 Å². The van der Waals surface area contributed by atoms with E-state index in [9.17, 15) is 9.59 Å². The first-order chi connectivity index (χ1) is 7.74. The number of aromatic carboxylic acids is 1. The van der Waals surface area contributed by atoms with Crippen LogP contribution in [-0.4, -0.2) is 17.4 Å². The van der Waals surface area contributed by atoms with E-state index in [4.69, 9.17) is 9.52 Å². The van der Waals surface area contributed by atoms with E-state index in [0.717, 1.165) is 0 Å². The molecule has 0 aliphatic heterocycles. The molecule has 0 spiro atoms. The molecule has 4 heteroatoms. The molecule has 0 fully saturated rings. The normalized spacial score (nSPS) is 10.0. The van der Waals surface area contributed by atoms with Crippen LogP contribution in [-0.2, 0) is 0 Å². The molecule has 0 radical (unpaired) electrons. The average Bonchev–Trinajstić information content (AvgIpc) is 2.76. The van der Waals surface area contributed by atoms with Gasteiger partial charge >= 0.3 is 5.97 Å². The predicted molar refractivity (Wildman–Crippen MR) is 56.5 cm³/mol. The summed E-state index contributed by atoms with van der Waals surface area (Å²) < 4.78 is 4.94. The lowest BCUT2D eigenvalue weighted by Gasteiger charge is -2.03. The maximum Gasteiger partial charge on any atom is 0.336 e. The van der Waals surface area contributed by atoms with Crippen molar-refractivity contribution in [3.8, 4) is 11.1 Å². The van der Waals surface area contributed by atoms with E-state index in [1.165, 1.54) is 12.3 Å². The summed E-state index contributed by atoms with van der Waals surface area (Å²) in [6.07, 6.45) is 1.92. The Balaban J connectivity index is 2.64. The van der Waals surface area contributed by atoms with Crippen molar-refractivity contribution < 1.29 is 19.1 Å². The van der Waals surface area contributed by atoms with Crippen molar-refractivity contribution in [3.05, 3.63) is 47.9 Å². The zero-order valence-electron chi connectivity index (χ0n) is 8.21. The monoisotopic (exact) mass is 216 g/mol. The molecule has 0 aliphatic carbocycles. The number of carbonyl (C=O) groups excluding carboxylic acids is 1. The molecule has 2 aromatic rings. The topological polar surface area (TPSA) is 67.5 Å². The van der Waals surface area contributed by atoms with E-state index in [1.54, 1.807) is 24.3 Å². The van der Waals surface area contributed by atoms with Crippen LogP contribution in [0.15, 0.2) is 41.0 Å². The van der Waals surface area contributed by atoms with Crippen molar-refractivity contribution in [3.63, 3.8) is 0 Å². The minimum atomic E-state index is -1.03. The number of carboxylic acids is 1. The third-order valence-corrected chi connectivity index (χ3v) is 2.25. The molecular weight excluding hydrogens is 208 g/mol. The summed E-state index contributed by atoms with van der Waals surface area (Å²) in [4.78, 5) is 21.7. The van der Waals surface area contributed by atoms with Gasteiger partial charge in [0.15, 0.2) is 12.0 Å². The fourth-order valence-electron chi connectivity index (χ4n) is 1.54. The quantitative estimate of drug-likeness (QED) is 0.800. The number of aldehydes is 1. The van der Waals surface area contributed by atoms with Crippen molar-refractivity contribution >= 4 is 12.3 Å². The van der Waals surface area contributed by atoms with Crippen molar-refractivity contribution in [2.45, 2.75) is 0 Å². The molecule has 1 aromatic carbocycles. The third-order valence-electron chi connectivity index (χ3n) is 2.25. The Bertz CT molecular complexity index is 539. The molecule has 1 N–H and O–H groups in total. The minimum Gasteiger partial charge on any atom is -0.478 e. The lowest BCUT2D eigenvalue weighted by Crippen LogP contribution is -1.99. The highest BCUT2D eigenvalue weighted by molar-refractivity contribution is 5.98. The molecule has 80 valence electrons. The molecule has 4 nitrogen and oxygen atoms in total. The fourth-order valence-corrected chi connectivity index (χ4v) is 1.54. The summed E-state index contributed by atoms with van der Waals surface area (Å²) in [5.74, 6) is -0.901. The highest BCUT2D eigenvalue weighted by atomic mass is 16.4. The molecule has 0 atom stereocenters. The van der Waals surface area contributed by atoms with Crippen LogP contribution >= 0.6 is 0 Å². The zero-order valence-corrected chi connectivity index (χ0v) is 8.21. The zero-order chi connectivity index (χ0) is 11.5. The van der Waals surface area contributed by atoms with Gasteiger partial charge in [-0.1, -0.05) is 18.2 Å². The van der Waals surface area contributed by atoms with Gasteiger partial charge in [0.1, 0.15) is 0 Å². The van der Waals surface area contributed by atoms with Gasteiger partial charge in [-0.2, -0.15) is 0 Å². The summed E-state index contributed by atoms with van der Waals surface area (Å²) in [5.41, 5.74) is 1.12. The van der Waals surface area contributed by atoms with Gasteiger partial charge in [0.25, 0.3) is 0 Å². The van der Waals surface area contributed by atoms with Gasteiger partial charge in [-0.05, 0) is 12.1 Å². The van der Waals surface area contributed by atoms with Crippen LogP contribution in [0.2, 0.25) is 0 Å². The summed E-state index contributed by atoms with van der Waals surface area (Å²) in [6, 6.07) is 8.04. The van der Waals surface area contributed by atoms with Crippen LogP contribution in [0.3, 0.4) is 0 Å². The molecule has 0 saturated heterocycles. The Morgan fingerprint density at radius 2 is 1.94 bits per heavy atom. The molecule has 0 unspecified atom stereocenters. The van der Waals surface area contributed by atoms with Crippen LogP contribution in [0.1, 0.15) is 20.9 Å². The van der Waals surface area contributed by atoms with Gasteiger partial charge in [-0.15, -0.1) is 0 Å². The first-order valence-electron chi connectivity index (χ1n) is 4.59. The number of benzene rings is 1. The highest BCUT2D eigenvalue weighted by Crippen LogP contribution is 2.27. The Morgan fingerprint density at radius 1 is 1.19 bits per heavy atom. The van der Waals surface area contributed by atoms with Gasteiger partial charge in [-0.3, -0.25) is 4.79 Å². The molecule has 2 rings (SSSR count). The molecule has 1 aromatic heterocycles. The van der Waals surface area contributed by atoms with E-state index in [0.29, 0.717) is 17.4 Å². The summed E-state index contributed by atoms with van der Waals surface area (Å²) >= 11 is 0. The first-order valence-corrected chi connectivity index (χ1v) is 4.59. The molecule has 16 heavy (non-hydrogen) atoms. The second kappa shape index (κ2) is 4.02. The maximum atomic E-state index is 11.0. The number of rotatable bonds is 3. The van der Waals surface area contributed by atoms with Crippen molar-refractivity contribution in [1.82, 2.24) is 0 Å². The van der Waals surface area contributed by atoms with Crippen LogP contribution < -0.4 is 0 Å². The Labute approximate surface area is 91.1 Å². The lowest BCUT2D eigenvalue weighted by molar-refractivity contribution is 0.0697. The fraction of sp³-hybridized carbons (Fsp3) is 0. The molecule has 0 bridgehead atoms.